The van der Waals surface area contributed by atoms with Crippen LogP contribution in [0.3, 0.4) is 0 Å². The zero-order chi connectivity index (χ0) is 48.7. The van der Waals surface area contributed by atoms with E-state index in [-0.39, 0.29) is 28.8 Å². The molecule has 5 nitrogen and oxygen atoms in total. The summed E-state index contributed by atoms with van der Waals surface area (Å²) in [5.41, 5.74) is 20.9. The highest BCUT2D eigenvalue weighted by molar-refractivity contribution is 6.90. The van der Waals surface area contributed by atoms with E-state index < -0.39 is 0 Å². The number of phenols is 1. The lowest BCUT2D eigenvalue weighted by molar-refractivity contribution is 0.446. The first kappa shape index (κ1) is 45.6. The van der Waals surface area contributed by atoms with E-state index in [0.29, 0.717) is 11.4 Å². The van der Waals surface area contributed by atoms with Crippen LogP contribution < -0.4 is 15.7 Å². The van der Waals surface area contributed by atoms with Gasteiger partial charge in [-0.15, -0.1) is 0 Å². The van der Waals surface area contributed by atoms with E-state index in [2.05, 4.69) is 244 Å². The standard InChI is InChI=1S/C63H63BN4O/c1-39-20-19-21-40(2)57(39)64-51-28-31-55-58(56(51)48-34-44(26-29-53(48)67(64)12)52-35-43(32-33-65-52)41-22-15-13-16-23-41)66-60(49-37-46(62(6,7)8)38-50(59(49)69)63(9,10)11)68(55)54-30-27-45(61(3,4)5)36-47(54)42-24-17-14-18-25-42/h13-38,69H,1-12H3. The molecule has 0 spiro atoms. The Labute approximate surface area is 409 Å². The minimum Gasteiger partial charge on any atom is -0.507 e. The van der Waals surface area contributed by atoms with E-state index in [9.17, 15) is 5.11 Å². The minimum absolute atomic E-state index is 0.0897. The van der Waals surface area contributed by atoms with E-state index in [4.69, 9.17) is 9.97 Å². The molecule has 1 aliphatic heterocycles. The third-order valence-electron chi connectivity index (χ3n) is 14.4. The fraction of sp³-hybridized carbons (Fsp3) is 0.238. The Morgan fingerprint density at radius 1 is 0.522 bits per heavy atom. The first-order chi connectivity index (χ1) is 32.8. The Bertz CT molecular complexity index is 3420. The highest BCUT2D eigenvalue weighted by Crippen LogP contribution is 2.47. The van der Waals surface area contributed by atoms with Crippen LogP contribution >= 0.6 is 0 Å². The summed E-state index contributed by atoms with van der Waals surface area (Å²) < 4.78 is 2.33. The van der Waals surface area contributed by atoms with Crippen LogP contribution in [0, 0.1) is 13.8 Å². The molecule has 0 atom stereocenters. The second-order valence-corrected chi connectivity index (χ2v) is 22.3. The molecule has 0 saturated carbocycles. The number of imidazole rings is 1. The quantitative estimate of drug-likeness (QED) is 0.169. The molecule has 0 bridgehead atoms. The molecule has 0 amide bonds. The molecular weight excluding hydrogens is 840 g/mol. The summed E-state index contributed by atoms with van der Waals surface area (Å²) >= 11 is 0. The van der Waals surface area contributed by atoms with Gasteiger partial charge >= 0.3 is 6.85 Å². The smallest absolute Gasteiger partial charge is 0.324 e. The normalized spacial score (nSPS) is 12.9. The Morgan fingerprint density at radius 3 is 1.81 bits per heavy atom. The van der Waals surface area contributed by atoms with Crippen LogP contribution in [0.5, 0.6) is 5.75 Å². The summed E-state index contributed by atoms with van der Waals surface area (Å²) in [7, 11) is 2.23. The maximum Gasteiger partial charge on any atom is 0.324 e. The summed E-state index contributed by atoms with van der Waals surface area (Å²) in [6.45, 7) is 24.5. The van der Waals surface area contributed by atoms with Gasteiger partial charge < -0.3 is 9.92 Å². The van der Waals surface area contributed by atoms with Gasteiger partial charge in [-0.25, -0.2) is 4.98 Å². The zero-order valence-electron chi connectivity index (χ0n) is 42.3. The van der Waals surface area contributed by atoms with Gasteiger partial charge in [-0.3, -0.25) is 9.55 Å². The molecular formula is C63H63BN4O. The van der Waals surface area contributed by atoms with Gasteiger partial charge in [0.05, 0.1) is 28.0 Å². The monoisotopic (exact) mass is 903 g/mol. The van der Waals surface area contributed by atoms with Crippen molar-refractivity contribution in [1.82, 2.24) is 14.5 Å². The fourth-order valence-corrected chi connectivity index (χ4v) is 10.5. The molecule has 9 aromatic rings. The number of anilines is 1. The molecule has 0 radical (unpaired) electrons. The van der Waals surface area contributed by atoms with Crippen LogP contribution in [0.25, 0.3) is 72.7 Å². The predicted octanol–water partition coefficient (Wildman–Crippen LogP) is 14.5. The highest BCUT2D eigenvalue weighted by Gasteiger charge is 2.39. The van der Waals surface area contributed by atoms with Gasteiger partial charge in [0.15, 0.2) is 0 Å². The van der Waals surface area contributed by atoms with Crippen molar-refractivity contribution in [3.63, 3.8) is 0 Å². The van der Waals surface area contributed by atoms with Gasteiger partial charge in [-0.2, -0.15) is 0 Å². The summed E-state index contributed by atoms with van der Waals surface area (Å²) in [6.07, 6.45) is 1.92. The molecule has 7 aromatic carbocycles. The lowest BCUT2D eigenvalue weighted by Crippen LogP contribution is -2.59. The van der Waals surface area contributed by atoms with E-state index in [0.717, 1.165) is 78.2 Å². The molecule has 0 aliphatic carbocycles. The number of aromatic nitrogens is 3. The largest absolute Gasteiger partial charge is 0.507 e. The summed E-state index contributed by atoms with van der Waals surface area (Å²) in [4.78, 5) is 13.3. The molecule has 0 unspecified atom stereocenters. The maximum absolute atomic E-state index is 12.8. The maximum atomic E-state index is 12.8. The molecule has 1 N–H and O–H groups in total. The minimum atomic E-state index is -0.343. The van der Waals surface area contributed by atoms with E-state index in [1.54, 1.807) is 0 Å². The predicted molar refractivity (Wildman–Crippen MR) is 293 cm³/mol. The number of aromatic hydroxyl groups is 1. The molecule has 0 fully saturated rings. The first-order valence-electron chi connectivity index (χ1n) is 24.4. The average molecular weight is 903 g/mol. The van der Waals surface area contributed by atoms with Crippen molar-refractivity contribution in [3.05, 3.63) is 186 Å². The number of benzene rings is 7. The van der Waals surface area contributed by atoms with Gasteiger partial charge in [-0.05, 0) is 124 Å². The van der Waals surface area contributed by atoms with Crippen molar-refractivity contribution < 1.29 is 5.11 Å². The number of nitrogens with zero attached hydrogens (tertiary/aromatic N) is 4. The Balaban J connectivity index is 1.35. The van der Waals surface area contributed by atoms with Crippen LogP contribution in [-0.2, 0) is 16.2 Å². The molecule has 10 rings (SSSR count). The van der Waals surface area contributed by atoms with Crippen LogP contribution in [0.1, 0.15) is 90.1 Å². The van der Waals surface area contributed by atoms with Gasteiger partial charge in [0, 0.05) is 39.7 Å². The number of pyridine rings is 1. The van der Waals surface area contributed by atoms with Gasteiger partial charge in [0.1, 0.15) is 11.6 Å². The second-order valence-electron chi connectivity index (χ2n) is 22.3. The van der Waals surface area contributed by atoms with Crippen molar-refractivity contribution in [2.75, 3.05) is 11.9 Å². The second kappa shape index (κ2) is 16.8. The van der Waals surface area contributed by atoms with Crippen LogP contribution in [0.2, 0.25) is 0 Å². The summed E-state index contributed by atoms with van der Waals surface area (Å²) in [5, 5.41) is 12.8. The lowest BCUT2D eigenvalue weighted by atomic mass is 9.44. The van der Waals surface area contributed by atoms with E-state index in [1.165, 1.54) is 27.6 Å². The van der Waals surface area contributed by atoms with Crippen LogP contribution in [0.15, 0.2) is 158 Å². The van der Waals surface area contributed by atoms with Crippen molar-refractivity contribution in [2.45, 2.75) is 92.4 Å². The molecule has 1 aliphatic rings. The summed E-state index contributed by atoms with van der Waals surface area (Å²) in [6, 6.07) is 54.8. The third kappa shape index (κ3) is 8.04. The van der Waals surface area contributed by atoms with Gasteiger partial charge in [0.2, 0.25) is 0 Å². The van der Waals surface area contributed by atoms with Crippen LogP contribution in [0.4, 0.5) is 5.69 Å². The number of hydrogen-bond acceptors (Lipinski definition) is 4. The number of fused-ring (bicyclic) bond motifs is 5. The molecule has 6 heteroatoms. The van der Waals surface area contributed by atoms with Gasteiger partial charge in [-0.1, -0.05) is 177 Å². The Morgan fingerprint density at radius 2 is 1.16 bits per heavy atom. The topological polar surface area (TPSA) is 54.2 Å². The molecule has 3 heterocycles. The first-order valence-corrected chi connectivity index (χ1v) is 24.4. The highest BCUT2D eigenvalue weighted by atomic mass is 16.3. The van der Waals surface area contributed by atoms with Crippen molar-refractivity contribution in [2.24, 2.45) is 0 Å². The summed E-state index contributed by atoms with van der Waals surface area (Å²) in [5.74, 6) is 0.958. The number of phenolic OH excluding ortho intramolecular Hbond substituents is 1. The average Bonchev–Trinajstić information content (AvgIpc) is 3.71. The zero-order valence-corrected chi connectivity index (χ0v) is 42.3. The Hall–Kier alpha value is -7.18. The lowest BCUT2D eigenvalue weighted by Gasteiger charge is -2.37. The SMILES string of the molecule is Cc1cccc(C)c1B1c2ccc3c(nc(-c4cc(C(C)(C)C)cc(C(C)(C)C)c4O)n3-c3ccc(C(C)(C)C)cc3-c3ccccc3)c2-c2cc(-c3cc(-c4ccccc4)ccn3)ccc2N1C. The Kier molecular flexibility index (Phi) is 11.1. The molecule has 69 heavy (non-hydrogen) atoms. The van der Waals surface area contributed by atoms with E-state index >= 15 is 0 Å². The molecule has 2 aromatic heterocycles. The number of rotatable bonds is 6. The van der Waals surface area contributed by atoms with Crippen molar-refractivity contribution in [3.8, 4) is 67.5 Å². The molecule has 0 saturated heterocycles. The number of aryl methyl sites for hydroxylation is 2. The fourth-order valence-electron chi connectivity index (χ4n) is 10.5. The van der Waals surface area contributed by atoms with E-state index in [1.807, 2.05) is 6.20 Å². The van der Waals surface area contributed by atoms with Crippen LogP contribution in [-0.4, -0.2) is 33.5 Å². The number of hydrogen-bond donors (Lipinski definition) is 1. The van der Waals surface area contributed by atoms with Gasteiger partial charge in [0.25, 0.3) is 0 Å². The van der Waals surface area contributed by atoms with Crippen molar-refractivity contribution >= 4 is 34.5 Å². The molecule has 344 valence electrons. The third-order valence-corrected chi connectivity index (χ3v) is 14.4. The van der Waals surface area contributed by atoms with Crippen molar-refractivity contribution in [1.29, 1.82) is 0 Å².